The summed E-state index contributed by atoms with van der Waals surface area (Å²) < 4.78 is 0. The number of likely N-dealkylation sites (tertiary alicyclic amines) is 1. The molecule has 1 aromatic rings. The third-order valence-electron chi connectivity index (χ3n) is 5.93. The summed E-state index contributed by atoms with van der Waals surface area (Å²) in [6, 6.07) is 10.7. The lowest BCUT2D eigenvalue weighted by Gasteiger charge is -2.34. The number of hydrogen-bond donors (Lipinski definition) is 1. The minimum absolute atomic E-state index is 0.588. The molecule has 0 aromatic heterocycles. The smallest absolute Gasteiger partial charge is 0.193 e. The lowest BCUT2D eigenvalue weighted by Crippen LogP contribution is -2.46. The zero-order valence-electron chi connectivity index (χ0n) is 18.6. The molecule has 5 nitrogen and oxygen atoms in total. The molecular formula is C24H39N5. The Balaban J connectivity index is 1.49. The highest BCUT2D eigenvalue weighted by Gasteiger charge is 2.19. The van der Waals surface area contributed by atoms with Gasteiger partial charge in [0, 0.05) is 58.9 Å². The van der Waals surface area contributed by atoms with Crippen LogP contribution in [0.1, 0.15) is 32.3 Å². The molecule has 1 N–H and O–H groups in total. The van der Waals surface area contributed by atoms with Gasteiger partial charge >= 0.3 is 0 Å². The average molecular weight is 398 g/mol. The molecule has 2 aliphatic heterocycles. The zero-order chi connectivity index (χ0) is 20.5. The van der Waals surface area contributed by atoms with Crippen molar-refractivity contribution in [1.29, 1.82) is 0 Å². The van der Waals surface area contributed by atoms with Crippen molar-refractivity contribution in [3.05, 3.63) is 41.5 Å². The van der Waals surface area contributed by atoms with Crippen LogP contribution >= 0.6 is 0 Å². The van der Waals surface area contributed by atoms with Gasteiger partial charge in [-0.05, 0) is 38.3 Å². The molecule has 1 unspecified atom stereocenters. The van der Waals surface area contributed by atoms with Crippen molar-refractivity contribution in [3.63, 3.8) is 0 Å². The first-order valence-electron chi connectivity index (χ1n) is 11.3. The predicted molar refractivity (Wildman–Crippen MR) is 124 cm³/mol. The van der Waals surface area contributed by atoms with Crippen molar-refractivity contribution in [2.75, 3.05) is 66.0 Å². The molecule has 2 fully saturated rings. The van der Waals surface area contributed by atoms with Crippen LogP contribution in [0.25, 0.3) is 6.08 Å². The molecule has 0 amide bonds. The normalized spacial score (nSPS) is 20.6. The Hall–Kier alpha value is -1.85. The van der Waals surface area contributed by atoms with E-state index >= 15 is 0 Å². The molecule has 5 heteroatoms. The highest BCUT2D eigenvalue weighted by molar-refractivity contribution is 5.80. The van der Waals surface area contributed by atoms with Crippen LogP contribution in [0.4, 0.5) is 0 Å². The minimum atomic E-state index is 0.588. The van der Waals surface area contributed by atoms with Gasteiger partial charge in [0.1, 0.15) is 0 Å². The van der Waals surface area contributed by atoms with Crippen LogP contribution in [-0.2, 0) is 0 Å². The van der Waals surface area contributed by atoms with E-state index in [1.54, 1.807) is 5.57 Å². The first-order valence-corrected chi connectivity index (χ1v) is 11.3. The molecule has 1 aromatic carbocycles. The van der Waals surface area contributed by atoms with Gasteiger partial charge in [-0.3, -0.25) is 4.99 Å². The number of benzene rings is 1. The van der Waals surface area contributed by atoms with E-state index in [-0.39, 0.29) is 0 Å². The topological polar surface area (TPSA) is 34.1 Å². The molecule has 1 atom stereocenters. The monoisotopic (exact) mass is 397 g/mol. The fourth-order valence-electron chi connectivity index (χ4n) is 4.13. The van der Waals surface area contributed by atoms with Crippen LogP contribution in [0.5, 0.6) is 0 Å². The summed E-state index contributed by atoms with van der Waals surface area (Å²) in [5.74, 6) is 1.68. The first-order chi connectivity index (χ1) is 14.1. The number of aliphatic imine (C=N–C) groups is 1. The molecule has 2 saturated heterocycles. The number of guanidine groups is 1. The van der Waals surface area contributed by atoms with Crippen molar-refractivity contribution in [3.8, 4) is 0 Å². The second-order valence-electron chi connectivity index (χ2n) is 8.60. The van der Waals surface area contributed by atoms with Crippen molar-refractivity contribution < 1.29 is 0 Å². The van der Waals surface area contributed by atoms with E-state index in [1.165, 1.54) is 31.7 Å². The molecule has 2 heterocycles. The third-order valence-corrected chi connectivity index (χ3v) is 5.93. The van der Waals surface area contributed by atoms with Crippen LogP contribution in [-0.4, -0.2) is 86.6 Å². The van der Waals surface area contributed by atoms with Gasteiger partial charge in [-0.25, -0.2) is 0 Å². The van der Waals surface area contributed by atoms with Gasteiger partial charge in [-0.1, -0.05) is 48.9 Å². The number of piperidine rings is 1. The Labute approximate surface area is 177 Å². The van der Waals surface area contributed by atoms with Crippen LogP contribution in [0.15, 0.2) is 40.9 Å². The maximum Gasteiger partial charge on any atom is 0.193 e. The fourth-order valence-corrected chi connectivity index (χ4v) is 4.13. The van der Waals surface area contributed by atoms with Crippen molar-refractivity contribution in [2.24, 2.45) is 10.9 Å². The van der Waals surface area contributed by atoms with Crippen molar-refractivity contribution in [1.82, 2.24) is 20.0 Å². The summed E-state index contributed by atoms with van der Waals surface area (Å²) in [6.07, 6.45) is 4.60. The molecule has 2 aliphatic rings. The summed E-state index contributed by atoms with van der Waals surface area (Å²) >= 11 is 0. The summed E-state index contributed by atoms with van der Waals surface area (Å²) in [4.78, 5) is 12.4. The quantitative estimate of drug-likeness (QED) is 0.591. The highest BCUT2D eigenvalue weighted by Crippen LogP contribution is 2.19. The summed E-state index contributed by atoms with van der Waals surface area (Å²) in [5.41, 5.74) is 2.86. The zero-order valence-corrected chi connectivity index (χ0v) is 18.6. The lowest BCUT2D eigenvalue weighted by atomic mass is 10.0. The average Bonchev–Trinajstić information content (AvgIpc) is 2.74. The molecule has 0 bridgehead atoms. The highest BCUT2D eigenvalue weighted by atomic mass is 15.3. The SMILES string of the molecule is CCNC(=NCC(C)CN1CCN(C)CC1)N1CCC(=Cc2ccccc2)CC1. The predicted octanol–water partition coefficient (Wildman–Crippen LogP) is 3.01. The molecule has 3 rings (SSSR count). The van der Waals surface area contributed by atoms with E-state index in [2.05, 4.69) is 77.3 Å². The van der Waals surface area contributed by atoms with Crippen LogP contribution in [0.2, 0.25) is 0 Å². The molecular weight excluding hydrogens is 358 g/mol. The second-order valence-corrected chi connectivity index (χ2v) is 8.60. The number of rotatable bonds is 6. The number of nitrogens with one attached hydrogen (secondary N) is 1. The van der Waals surface area contributed by atoms with Gasteiger partial charge in [0.25, 0.3) is 0 Å². The Morgan fingerprint density at radius 2 is 1.76 bits per heavy atom. The molecule has 0 saturated carbocycles. The number of likely N-dealkylation sites (N-methyl/N-ethyl adjacent to an activating group) is 1. The second kappa shape index (κ2) is 11.4. The molecule has 0 spiro atoms. The van der Waals surface area contributed by atoms with Crippen molar-refractivity contribution >= 4 is 12.0 Å². The molecule has 29 heavy (non-hydrogen) atoms. The Morgan fingerprint density at radius 1 is 1.07 bits per heavy atom. The molecule has 0 aliphatic carbocycles. The van der Waals surface area contributed by atoms with Crippen LogP contribution in [0, 0.1) is 5.92 Å². The minimum Gasteiger partial charge on any atom is -0.357 e. The number of piperazine rings is 1. The summed E-state index contributed by atoms with van der Waals surface area (Å²) in [7, 11) is 2.22. The maximum absolute atomic E-state index is 5.00. The number of hydrogen-bond acceptors (Lipinski definition) is 3. The van der Waals surface area contributed by atoms with Gasteiger partial charge in [-0.15, -0.1) is 0 Å². The first kappa shape index (κ1) is 21.8. The van der Waals surface area contributed by atoms with E-state index in [0.717, 1.165) is 51.5 Å². The lowest BCUT2D eigenvalue weighted by molar-refractivity contribution is 0.140. The number of nitrogens with zero attached hydrogens (tertiary/aromatic N) is 4. The molecule has 0 radical (unpaired) electrons. The summed E-state index contributed by atoms with van der Waals surface area (Å²) in [5, 5.41) is 3.52. The van der Waals surface area contributed by atoms with Gasteiger partial charge in [-0.2, -0.15) is 0 Å². The van der Waals surface area contributed by atoms with E-state index in [0.29, 0.717) is 5.92 Å². The Kier molecular flexibility index (Phi) is 8.56. The molecule has 160 valence electrons. The van der Waals surface area contributed by atoms with E-state index in [4.69, 9.17) is 4.99 Å². The van der Waals surface area contributed by atoms with Gasteiger partial charge in [0.05, 0.1) is 0 Å². The van der Waals surface area contributed by atoms with Gasteiger partial charge in [0.15, 0.2) is 5.96 Å². The Morgan fingerprint density at radius 3 is 2.41 bits per heavy atom. The van der Waals surface area contributed by atoms with E-state index in [9.17, 15) is 0 Å². The van der Waals surface area contributed by atoms with Gasteiger partial charge in [0.2, 0.25) is 0 Å². The third kappa shape index (κ3) is 7.16. The van der Waals surface area contributed by atoms with E-state index in [1.807, 2.05) is 0 Å². The van der Waals surface area contributed by atoms with Crippen LogP contribution in [0.3, 0.4) is 0 Å². The maximum atomic E-state index is 5.00. The van der Waals surface area contributed by atoms with Crippen molar-refractivity contribution in [2.45, 2.75) is 26.7 Å². The van der Waals surface area contributed by atoms with Gasteiger partial charge < -0.3 is 20.0 Å². The fraction of sp³-hybridized carbons (Fsp3) is 0.625. The summed E-state index contributed by atoms with van der Waals surface area (Å²) in [6.45, 7) is 14.3. The Bertz CT molecular complexity index is 651. The largest absolute Gasteiger partial charge is 0.357 e. The van der Waals surface area contributed by atoms with Crippen LogP contribution < -0.4 is 5.32 Å². The standard InChI is InChI=1S/C24H39N5/c1-4-25-24(26-19-21(2)20-28-16-14-27(3)15-17-28)29-12-10-23(11-13-29)18-22-8-6-5-7-9-22/h5-9,18,21H,4,10-17,19-20H2,1-3H3,(H,25,26). The van der Waals surface area contributed by atoms with E-state index < -0.39 is 0 Å².